The topological polar surface area (TPSA) is 57.3 Å². The first-order valence-electron chi connectivity index (χ1n) is 13.6. The third kappa shape index (κ3) is 3.35. The van der Waals surface area contributed by atoms with Crippen LogP contribution in [0.1, 0.15) is 30.9 Å². The molecule has 6 aromatic rings. The summed E-state index contributed by atoms with van der Waals surface area (Å²) in [7, 11) is 0. The van der Waals surface area contributed by atoms with E-state index in [0.717, 1.165) is 49.4 Å². The first kappa shape index (κ1) is 23.6. The summed E-state index contributed by atoms with van der Waals surface area (Å²) in [4.78, 5) is 14.0. The third-order valence-corrected chi connectivity index (χ3v) is 9.58. The molecule has 2 aliphatic rings. The van der Waals surface area contributed by atoms with Crippen molar-refractivity contribution in [2.75, 3.05) is 5.75 Å². The van der Waals surface area contributed by atoms with E-state index >= 15 is 0 Å². The highest BCUT2D eigenvalue weighted by atomic mass is 32.2. The Morgan fingerprint density at radius 3 is 2.38 bits per heavy atom. The maximum atomic E-state index is 14.0. The van der Waals surface area contributed by atoms with Gasteiger partial charge in [-0.15, -0.1) is 11.8 Å². The van der Waals surface area contributed by atoms with Crippen LogP contribution >= 0.6 is 11.8 Å². The Hall–Kier alpha value is -4.29. The minimum absolute atomic E-state index is 0.0502. The van der Waals surface area contributed by atoms with Crippen molar-refractivity contribution in [1.82, 2.24) is 9.78 Å². The van der Waals surface area contributed by atoms with Crippen molar-refractivity contribution < 1.29 is 9.15 Å². The van der Waals surface area contributed by atoms with Crippen LogP contribution < -0.4 is 10.4 Å². The summed E-state index contributed by atoms with van der Waals surface area (Å²) in [5, 5.41) is 9.03. The second-order valence-electron chi connectivity index (χ2n) is 11.1. The quantitative estimate of drug-likeness (QED) is 0.165. The first-order chi connectivity index (χ1) is 19.5. The highest BCUT2D eigenvalue weighted by molar-refractivity contribution is 7.99. The van der Waals surface area contributed by atoms with E-state index in [0.29, 0.717) is 16.9 Å². The molecule has 4 heterocycles. The fourth-order valence-corrected chi connectivity index (χ4v) is 8.01. The minimum atomic E-state index is -0.516. The number of aromatic nitrogens is 2. The molecule has 8 rings (SSSR count). The van der Waals surface area contributed by atoms with Crippen LogP contribution in [0.25, 0.3) is 38.7 Å². The molecule has 0 fully saturated rings. The molecule has 0 saturated heterocycles. The van der Waals surface area contributed by atoms with Gasteiger partial charge in [0.1, 0.15) is 22.0 Å². The van der Waals surface area contributed by atoms with E-state index in [9.17, 15) is 4.79 Å². The molecule has 2 atom stereocenters. The Labute approximate surface area is 235 Å². The summed E-state index contributed by atoms with van der Waals surface area (Å²) in [5.74, 6) is 1.25. The number of rotatable bonds is 2. The van der Waals surface area contributed by atoms with Crippen LogP contribution in [-0.2, 0) is 0 Å². The summed E-state index contributed by atoms with van der Waals surface area (Å²) < 4.78 is 15.0. The van der Waals surface area contributed by atoms with Crippen LogP contribution in [0.15, 0.2) is 111 Å². The molecule has 0 amide bonds. The van der Waals surface area contributed by atoms with E-state index in [1.54, 1.807) is 11.8 Å². The lowest BCUT2D eigenvalue weighted by Gasteiger charge is -2.46. The number of thioether (sulfide) groups is 1. The van der Waals surface area contributed by atoms with E-state index in [1.807, 2.05) is 71.4 Å². The van der Waals surface area contributed by atoms with Gasteiger partial charge in [-0.25, -0.2) is 9.48 Å². The monoisotopic (exact) mass is 542 g/mol. The summed E-state index contributed by atoms with van der Waals surface area (Å²) in [6.07, 6.45) is 0. The van der Waals surface area contributed by atoms with Gasteiger partial charge in [0.15, 0.2) is 0 Å². The average Bonchev–Trinajstić information content (AvgIpc) is 3.38. The molecule has 4 aromatic carbocycles. The summed E-state index contributed by atoms with van der Waals surface area (Å²) in [6.45, 7) is 4.29. The second kappa shape index (κ2) is 8.60. The second-order valence-corrected chi connectivity index (χ2v) is 12.1. The van der Waals surface area contributed by atoms with Crippen molar-refractivity contribution in [3.8, 4) is 22.7 Å². The van der Waals surface area contributed by atoms with Gasteiger partial charge in [-0.2, -0.15) is 5.10 Å². The minimum Gasteiger partial charge on any atom is -0.486 e. The maximum Gasteiger partial charge on any atom is 0.343 e. The molecular formula is C34H26N2O3S. The molecule has 0 radical (unpaired) electrons. The normalized spacial score (nSPS) is 19.1. The Morgan fingerprint density at radius 2 is 1.57 bits per heavy atom. The molecule has 6 heteroatoms. The molecule has 5 nitrogen and oxygen atoms in total. The molecular weight excluding hydrogens is 516 g/mol. The number of ether oxygens (including phenoxy) is 1. The lowest BCUT2D eigenvalue weighted by Crippen LogP contribution is -2.49. The van der Waals surface area contributed by atoms with E-state index in [2.05, 4.69) is 44.2 Å². The summed E-state index contributed by atoms with van der Waals surface area (Å²) >= 11 is 1.79. The van der Waals surface area contributed by atoms with Crippen molar-refractivity contribution in [3.63, 3.8) is 0 Å². The molecule has 0 spiro atoms. The van der Waals surface area contributed by atoms with E-state index in [4.69, 9.17) is 14.3 Å². The highest BCUT2D eigenvalue weighted by Crippen LogP contribution is 2.57. The van der Waals surface area contributed by atoms with Gasteiger partial charge in [0.05, 0.1) is 22.3 Å². The maximum absolute atomic E-state index is 14.0. The van der Waals surface area contributed by atoms with E-state index in [1.165, 1.54) is 0 Å². The van der Waals surface area contributed by atoms with Gasteiger partial charge in [-0.05, 0) is 37.4 Å². The number of para-hydroxylation sites is 1. The molecule has 0 bridgehead atoms. The predicted octanol–water partition coefficient (Wildman–Crippen LogP) is 7.82. The summed E-state index contributed by atoms with van der Waals surface area (Å²) in [6, 6.07) is 32.6. The fourth-order valence-electron chi connectivity index (χ4n) is 6.44. The van der Waals surface area contributed by atoms with Gasteiger partial charge < -0.3 is 9.15 Å². The predicted molar refractivity (Wildman–Crippen MR) is 160 cm³/mol. The average molecular weight is 543 g/mol. The van der Waals surface area contributed by atoms with Crippen molar-refractivity contribution in [1.29, 1.82) is 0 Å². The smallest absolute Gasteiger partial charge is 0.343 e. The van der Waals surface area contributed by atoms with Gasteiger partial charge in [-0.1, -0.05) is 78.9 Å². The Morgan fingerprint density at radius 1 is 0.850 bits per heavy atom. The number of hydrogen-bond donors (Lipinski definition) is 0. The Kier molecular flexibility index (Phi) is 5.07. The van der Waals surface area contributed by atoms with Gasteiger partial charge in [0.2, 0.25) is 0 Å². The number of hydrogen-bond acceptors (Lipinski definition) is 5. The van der Waals surface area contributed by atoms with E-state index in [-0.39, 0.29) is 17.5 Å². The zero-order valence-electron chi connectivity index (χ0n) is 22.1. The molecule has 2 aromatic heterocycles. The van der Waals surface area contributed by atoms with Gasteiger partial charge >= 0.3 is 5.63 Å². The molecule has 0 aliphatic carbocycles. The Bertz CT molecular complexity index is 1990. The van der Waals surface area contributed by atoms with Gasteiger partial charge in [0.25, 0.3) is 0 Å². The number of nitrogens with zero attached hydrogens (tertiary/aromatic N) is 2. The number of benzene rings is 4. The van der Waals surface area contributed by atoms with Crippen LogP contribution in [0.4, 0.5) is 0 Å². The molecule has 196 valence electrons. The highest BCUT2D eigenvalue weighted by Gasteiger charge is 2.51. The summed E-state index contributed by atoms with van der Waals surface area (Å²) in [5.41, 5.74) is 4.30. The van der Waals surface area contributed by atoms with Crippen molar-refractivity contribution in [3.05, 3.63) is 119 Å². The lowest BCUT2D eigenvalue weighted by molar-refractivity contribution is 0.0270. The number of fused-ring (bicyclic) bond motifs is 9. The van der Waals surface area contributed by atoms with Crippen molar-refractivity contribution >= 4 is 33.5 Å². The van der Waals surface area contributed by atoms with Crippen LogP contribution in [0.5, 0.6) is 5.75 Å². The van der Waals surface area contributed by atoms with Crippen LogP contribution in [0.3, 0.4) is 0 Å². The molecule has 0 N–H and O–H groups in total. The fraction of sp³-hybridized carbons (Fsp3) is 0.176. The van der Waals surface area contributed by atoms with Crippen molar-refractivity contribution in [2.45, 2.75) is 30.4 Å². The van der Waals surface area contributed by atoms with Gasteiger partial charge in [0, 0.05) is 34.1 Å². The third-order valence-electron chi connectivity index (χ3n) is 8.39. The zero-order chi connectivity index (χ0) is 27.0. The largest absolute Gasteiger partial charge is 0.486 e. The van der Waals surface area contributed by atoms with Gasteiger partial charge in [-0.3, -0.25) is 0 Å². The van der Waals surface area contributed by atoms with Crippen LogP contribution in [-0.4, -0.2) is 21.1 Å². The van der Waals surface area contributed by atoms with E-state index < -0.39 is 5.60 Å². The standard InChI is InChI=1S/C34H26N2O3S/c1-34(2)25-19-40-32-27(29(21-12-5-3-6-13-21)35-36(32)22-14-7-4-8-15-22)26(25)28-31(39-34)24-18-17-20-11-9-10-16-23(20)30(24)38-33(28)37/h3-18,25-26H,19H2,1-2H3/t25-,26-/m0/s1. The molecule has 2 aliphatic heterocycles. The Balaban J connectivity index is 1.46. The first-order valence-corrected chi connectivity index (χ1v) is 14.5. The van der Waals surface area contributed by atoms with Crippen LogP contribution in [0.2, 0.25) is 0 Å². The zero-order valence-corrected chi connectivity index (χ0v) is 22.9. The molecule has 40 heavy (non-hydrogen) atoms. The van der Waals surface area contributed by atoms with Crippen molar-refractivity contribution in [2.24, 2.45) is 5.92 Å². The SMILES string of the molecule is CC1(C)Oc2c(c(=O)oc3c2ccc2ccccc23)[C@@H]2c3c(-c4ccccc4)nn(-c4ccccc4)c3SC[C@@H]21. The molecule has 0 saturated carbocycles. The lowest BCUT2D eigenvalue weighted by atomic mass is 9.71. The molecule has 0 unspecified atom stereocenters. The van der Waals surface area contributed by atoms with Crippen LogP contribution in [0, 0.1) is 5.92 Å².